The summed E-state index contributed by atoms with van der Waals surface area (Å²) >= 11 is 5.85. The lowest BCUT2D eigenvalue weighted by Crippen LogP contribution is -2.24. The Morgan fingerprint density at radius 2 is 1.96 bits per heavy atom. The van der Waals surface area contributed by atoms with Gasteiger partial charge in [-0.2, -0.15) is 0 Å². The van der Waals surface area contributed by atoms with Gasteiger partial charge in [-0.05, 0) is 43.6 Å². The highest BCUT2D eigenvalue weighted by atomic mass is 35.5. The normalized spacial score (nSPS) is 16.6. The van der Waals surface area contributed by atoms with E-state index in [4.69, 9.17) is 11.6 Å². The monoisotopic (exact) mass is 377 g/mol. The highest BCUT2D eigenvalue weighted by Crippen LogP contribution is 2.18. The number of halogens is 2. The molecule has 0 bridgehead atoms. The smallest absolute Gasteiger partial charge is 0.156 e. The third-order valence-corrected chi connectivity index (χ3v) is 4.36. The number of aliphatic hydroxyl groups is 1. The molecule has 4 N–H and O–H groups in total. The van der Waals surface area contributed by atoms with Gasteiger partial charge in [-0.1, -0.05) is 11.6 Å². The SMILES string of the molecule is C1CCNC1.OC1=C(Cl)CNC=C1NCc1cc(F)c2nccnc2c1. The van der Waals surface area contributed by atoms with Gasteiger partial charge in [0.05, 0.1) is 22.8 Å². The second kappa shape index (κ2) is 8.82. The molecule has 0 amide bonds. The maximum Gasteiger partial charge on any atom is 0.156 e. The lowest BCUT2D eigenvalue weighted by Gasteiger charge is -2.17. The predicted octanol–water partition coefficient (Wildman–Crippen LogP) is 2.68. The molecule has 0 unspecified atom stereocenters. The zero-order valence-electron chi connectivity index (χ0n) is 14.2. The van der Waals surface area contributed by atoms with Crippen LogP contribution in [-0.2, 0) is 6.54 Å². The minimum atomic E-state index is -0.425. The van der Waals surface area contributed by atoms with Gasteiger partial charge in [-0.3, -0.25) is 4.98 Å². The number of dihydropyridines is 1. The molecule has 0 saturated carbocycles. The summed E-state index contributed by atoms with van der Waals surface area (Å²) in [5.41, 5.74) is 1.88. The highest BCUT2D eigenvalue weighted by Gasteiger charge is 2.13. The Labute approximate surface area is 156 Å². The number of nitrogens with zero attached hydrogens (tertiary/aromatic N) is 2. The van der Waals surface area contributed by atoms with Crippen LogP contribution in [0.1, 0.15) is 18.4 Å². The van der Waals surface area contributed by atoms with E-state index in [1.54, 1.807) is 12.3 Å². The number of hydrogen-bond acceptors (Lipinski definition) is 6. The van der Waals surface area contributed by atoms with E-state index in [1.807, 2.05) is 0 Å². The molecule has 3 heterocycles. The van der Waals surface area contributed by atoms with Gasteiger partial charge in [-0.25, -0.2) is 9.37 Å². The second-order valence-corrected chi connectivity index (χ2v) is 6.46. The van der Waals surface area contributed by atoms with Gasteiger partial charge in [0.25, 0.3) is 0 Å². The first-order chi connectivity index (χ1) is 12.6. The summed E-state index contributed by atoms with van der Waals surface area (Å²) < 4.78 is 13.9. The molecule has 1 saturated heterocycles. The van der Waals surface area contributed by atoms with Crippen molar-refractivity contribution in [1.82, 2.24) is 25.9 Å². The van der Waals surface area contributed by atoms with Crippen LogP contribution in [0.4, 0.5) is 4.39 Å². The van der Waals surface area contributed by atoms with E-state index in [2.05, 4.69) is 25.9 Å². The molecule has 1 fully saturated rings. The van der Waals surface area contributed by atoms with Gasteiger partial charge in [0.2, 0.25) is 0 Å². The molecule has 2 aromatic rings. The van der Waals surface area contributed by atoms with Gasteiger partial charge >= 0.3 is 0 Å². The molecule has 2 aliphatic rings. The van der Waals surface area contributed by atoms with Crippen LogP contribution in [-0.4, -0.2) is 34.7 Å². The first kappa shape index (κ1) is 18.4. The number of fused-ring (bicyclic) bond motifs is 1. The van der Waals surface area contributed by atoms with Crippen molar-refractivity contribution in [2.24, 2.45) is 0 Å². The van der Waals surface area contributed by atoms with E-state index in [-0.39, 0.29) is 11.3 Å². The highest BCUT2D eigenvalue weighted by molar-refractivity contribution is 6.30. The minimum absolute atomic E-state index is 0.00327. The molecule has 26 heavy (non-hydrogen) atoms. The molecule has 0 spiro atoms. The molecular weight excluding hydrogens is 357 g/mol. The summed E-state index contributed by atoms with van der Waals surface area (Å²) in [5.74, 6) is -0.428. The summed E-state index contributed by atoms with van der Waals surface area (Å²) in [6.07, 6.45) is 7.37. The second-order valence-electron chi connectivity index (χ2n) is 6.00. The molecule has 0 atom stereocenters. The minimum Gasteiger partial charge on any atom is -0.504 e. The van der Waals surface area contributed by atoms with Crippen molar-refractivity contribution in [3.63, 3.8) is 0 Å². The van der Waals surface area contributed by atoms with Crippen LogP contribution in [0.15, 0.2) is 47.2 Å². The zero-order chi connectivity index (χ0) is 18.4. The number of aliphatic hydroxyl groups excluding tert-OH is 1. The average molecular weight is 378 g/mol. The van der Waals surface area contributed by atoms with Crippen LogP contribution < -0.4 is 16.0 Å². The number of hydrogen-bond donors (Lipinski definition) is 4. The molecule has 8 heteroatoms. The quantitative estimate of drug-likeness (QED) is 0.658. The van der Waals surface area contributed by atoms with Crippen molar-refractivity contribution in [2.75, 3.05) is 19.6 Å². The summed E-state index contributed by atoms with van der Waals surface area (Å²) in [6, 6.07) is 3.14. The summed E-state index contributed by atoms with van der Waals surface area (Å²) in [6.45, 7) is 3.21. The van der Waals surface area contributed by atoms with Crippen molar-refractivity contribution < 1.29 is 9.50 Å². The van der Waals surface area contributed by atoms with E-state index >= 15 is 0 Å². The molecule has 0 aliphatic carbocycles. The van der Waals surface area contributed by atoms with Crippen LogP contribution >= 0.6 is 11.6 Å². The summed E-state index contributed by atoms with van der Waals surface area (Å²) in [7, 11) is 0. The molecule has 0 radical (unpaired) electrons. The van der Waals surface area contributed by atoms with Crippen molar-refractivity contribution in [3.05, 3.63) is 58.6 Å². The van der Waals surface area contributed by atoms with Crippen molar-refractivity contribution in [2.45, 2.75) is 19.4 Å². The number of rotatable bonds is 3. The fourth-order valence-electron chi connectivity index (χ4n) is 2.69. The topological polar surface area (TPSA) is 82.1 Å². The van der Waals surface area contributed by atoms with Gasteiger partial charge < -0.3 is 21.1 Å². The van der Waals surface area contributed by atoms with Crippen LogP contribution in [0, 0.1) is 5.82 Å². The summed E-state index contributed by atoms with van der Waals surface area (Å²) in [5, 5.41) is 19.3. The molecule has 4 rings (SSSR count). The van der Waals surface area contributed by atoms with E-state index in [1.165, 1.54) is 44.4 Å². The van der Waals surface area contributed by atoms with Gasteiger partial charge in [0.1, 0.15) is 5.52 Å². The van der Waals surface area contributed by atoms with Crippen LogP contribution in [0.3, 0.4) is 0 Å². The fraction of sp³-hybridized carbons (Fsp3) is 0.333. The Morgan fingerprint density at radius 1 is 1.19 bits per heavy atom. The van der Waals surface area contributed by atoms with Crippen LogP contribution in [0.25, 0.3) is 11.0 Å². The molecular formula is C18H21ClFN5O. The Morgan fingerprint density at radius 3 is 2.69 bits per heavy atom. The van der Waals surface area contributed by atoms with E-state index < -0.39 is 5.82 Å². The predicted molar refractivity (Wildman–Crippen MR) is 100 cm³/mol. The lowest BCUT2D eigenvalue weighted by molar-refractivity contribution is 0.404. The van der Waals surface area contributed by atoms with Crippen molar-refractivity contribution >= 4 is 22.6 Å². The molecule has 6 nitrogen and oxygen atoms in total. The number of aromatic nitrogens is 2. The molecule has 1 aromatic carbocycles. The van der Waals surface area contributed by atoms with Crippen molar-refractivity contribution in [3.8, 4) is 0 Å². The molecule has 2 aliphatic heterocycles. The van der Waals surface area contributed by atoms with Gasteiger partial charge in [0.15, 0.2) is 11.6 Å². The summed E-state index contributed by atoms with van der Waals surface area (Å²) in [4.78, 5) is 8.04. The fourth-order valence-corrected chi connectivity index (χ4v) is 2.87. The van der Waals surface area contributed by atoms with Crippen LogP contribution in [0.5, 0.6) is 0 Å². The lowest BCUT2D eigenvalue weighted by atomic mass is 10.1. The number of nitrogens with one attached hydrogen (secondary N) is 3. The maximum atomic E-state index is 13.9. The Bertz CT molecular complexity index is 828. The van der Waals surface area contributed by atoms with Crippen molar-refractivity contribution in [1.29, 1.82) is 0 Å². The maximum absolute atomic E-state index is 13.9. The zero-order valence-corrected chi connectivity index (χ0v) is 15.0. The average Bonchev–Trinajstić information content (AvgIpc) is 3.23. The molecule has 138 valence electrons. The third kappa shape index (κ3) is 4.62. The standard InChI is InChI=1S/C14H12ClFN4O.C4H9N/c15-9-6-17-7-12(14(9)21)20-5-8-3-10(16)13-11(4-8)18-1-2-19-13;1-2-4-5-3-1/h1-4,7,17,20-21H,5-6H2;5H,1-4H2. The first-order valence-corrected chi connectivity index (χ1v) is 8.88. The van der Waals surface area contributed by atoms with E-state index in [0.717, 1.165) is 0 Å². The van der Waals surface area contributed by atoms with Gasteiger partial charge in [0, 0.05) is 25.1 Å². The Kier molecular flexibility index (Phi) is 6.25. The largest absolute Gasteiger partial charge is 0.504 e. The number of benzene rings is 1. The Hall–Kier alpha value is -2.38. The van der Waals surface area contributed by atoms with E-state index in [9.17, 15) is 9.50 Å². The third-order valence-electron chi connectivity index (χ3n) is 4.04. The van der Waals surface area contributed by atoms with Crippen LogP contribution in [0.2, 0.25) is 0 Å². The molecule has 1 aromatic heterocycles. The Balaban J connectivity index is 0.000000339. The van der Waals surface area contributed by atoms with E-state index in [0.29, 0.717) is 34.9 Å². The first-order valence-electron chi connectivity index (χ1n) is 8.50. The van der Waals surface area contributed by atoms with Gasteiger partial charge in [-0.15, -0.1) is 0 Å².